The normalized spacial score (nSPS) is 11.9. The van der Waals surface area contributed by atoms with Crippen molar-refractivity contribution < 1.29 is 4.74 Å². The Morgan fingerprint density at radius 2 is 1.06 bits per heavy atom. The highest BCUT2D eigenvalue weighted by Gasteiger charge is 2.29. The number of para-hydroxylation sites is 5. The molecule has 0 amide bonds. The maximum Gasteiger partial charge on any atom is 0.151 e. The van der Waals surface area contributed by atoms with Crippen LogP contribution in [0.25, 0.3) is 22.3 Å². The molecular formula is C28H19N3O. The van der Waals surface area contributed by atoms with Gasteiger partial charge in [-0.05, 0) is 36.4 Å². The molecule has 1 aliphatic rings. The van der Waals surface area contributed by atoms with E-state index >= 15 is 0 Å². The van der Waals surface area contributed by atoms with Gasteiger partial charge in [0.15, 0.2) is 11.5 Å². The lowest BCUT2D eigenvalue weighted by Gasteiger charge is -2.35. The molecule has 0 saturated carbocycles. The van der Waals surface area contributed by atoms with E-state index in [-0.39, 0.29) is 0 Å². The summed E-state index contributed by atoms with van der Waals surface area (Å²) in [6.07, 6.45) is 7.41. The number of anilines is 3. The summed E-state index contributed by atoms with van der Waals surface area (Å²) in [7, 11) is 0. The van der Waals surface area contributed by atoms with E-state index in [0.29, 0.717) is 0 Å². The fourth-order valence-electron chi connectivity index (χ4n) is 4.24. The lowest BCUT2D eigenvalue weighted by Crippen LogP contribution is -2.17. The molecule has 0 fully saturated rings. The first-order chi connectivity index (χ1) is 15.9. The van der Waals surface area contributed by atoms with Gasteiger partial charge in [0.2, 0.25) is 0 Å². The van der Waals surface area contributed by atoms with Crippen LogP contribution in [0.1, 0.15) is 0 Å². The molecule has 4 heteroatoms. The summed E-state index contributed by atoms with van der Waals surface area (Å²) >= 11 is 0. The van der Waals surface area contributed by atoms with Crippen molar-refractivity contribution in [3.05, 3.63) is 116 Å². The molecule has 0 spiro atoms. The van der Waals surface area contributed by atoms with Crippen molar-refractivity contribution in [1.29, 1.82) is 0 Å². The second kappa shape index (κ2) is 7.67. The van der Waals surface area contributed by atoms with Crippen molar-refractivity contribution in [1.82, 2.24) is 9.97 Å². The van der Waals surface area contributed by atoms with Gasteiger partial charge in [0.05, 0.1) is 17.1 Å². The van der Waals surface area contributed by atoms with E-state index in [2.05, 4.69) is 57.3 Å². The Hall–Kier alpha value is -4.44. The molecule has 0 radical (unpaired) electrons. The van der Waals surface area contributed by atoms with Crippen LogP contribution in [-0.4, -0.2) is 9.97 Å². The minimum Gasteiger partial charge on any atom is -0.453 e. The largest absolute Gasteiger partial charge is 0.453 e. The van der Waals surface area contributed by atoms with Crippen LogP contribution in [0.3, 0.4) is 0 Å². The molecule has 0 bridgehead atoms. The standard InChI is InChI=1S/C28H19N3O/c1-3-14-26-24(12-1)31(25-13-2-4-15-27(25)32-26)28-22(20-8-6-16-29-18-20)10-5-11-23(28)21-9-7-17-30-19-21/h1-19H. The number of hydrogen-bond acceptors (Lipinski definition) is 4. The predicted molar refractivity (Wildman–Crippen MR) is 128 cm³/mol. The van der Waals surface area contributed by atoms with E-state index in [0.717, 1.165) is 50.8 Å². The monoisotopic (exact) mass is 413 g/mol. The predicted octanol–water partition coefficient (Wildman–Crippen LogP) is 7.39. The Bertz CT molecular complexity index is 1300. The van der Waals surface area contributed by atoms with E-state index < -0.39 is 0 Å². The highest BCUT2D eigenvalue weighted by Crippen LogP contribution is 2.54. The van der Waals surface area contributed by atoms with Gasteiger partial charge in [-0.15, -0.1) is 0 Å². The first kappa shape index (κ1) is 18.3. The summed E-state index contributed by atoms with van der Waals surface area (Å²) in [5, 5.41) is 0. The molecule has 0 saturated heterocycles. The second-order valence-corrected chi connectivity index (χ2v) is 7.56. The fraction of sp³-hybridized carbons (Fsp3) is 0. The molecule has 0 N–H and O–H groups in total. The van der Waals surface area contributed by atoms with Gasteiger partial charge < -0.3 is 9.64 Å². The third kappa shape index (κ3) is 3.01. The van der Waals surface area contributed by atoms with Gasteiger partial charge in [0.25, 0.3) is 0 Å². The van der Waals surface area contributed by atoms with Crippen LogP contribution in [0, 0.1) is 0 Å². The topological polar surface area (TPSA) is 38.2 Å². The maximum atomic E-state index is 6.25. The average molecular weight is 413 g/mol. The van der Waals surface area contributed by atoms with Crippen LogP contribution in [0.5, 0.6) is 11.5 Å². The molecule has 6 rings (SSSR count). The van der Waals surface area contributed by atoms with E-state index in [1.807, 2.05) is 60.9 Å². The molecule has 32 heavy (non-hydrogen) atoms. The number of pyridine rings is 2. The third-order valence-corrected chi connectivity index (χ3v) is 5.64. The van der Waals surface area contributed by atoms with Gasteiger partial charge in [-0.2, -0.15) is 0 Å². The van der Waals surface area contributed by atoms with Gasteiger partial charge in [0.1, 0.15) is 0 Å². The lowest BCUT2D eigenvalue weighted by molar-refractivity contribution is 0.477. The number of fused-ring (bicyclic) bond motifs is 2. The van der Waals surface area contributed by atoms with Gasteiger partial charge >= 0.3 is 0 Å². The van der Waals surface area contributed by atoms with Gasteiger partial charge in [-0.25, -0.2) is 0 Å². The van der Waals surface area contributed by atoms with Crippen LogP contribution < -0.4 is 9.64 Å². The summed E-state index contributed by atoms with van der Waals surface area (Å²) in [4.78, 5) is 11.1. The molecule has 0 unspecified atom stereocenters. The maximum absolute atomic E-state index is 6.25. The van der Waals surface area contributed by atoms with Crippen LogP contribution >= 0.6 is 0 Å². The van der Waals surface area contributed by atoms with E-state index in [1.165, 1.54) is 0 Å². The Kier molecular flexibility index (Phi) is 4.40. The average Bonchev–Trinajstić information content (AvgIpc) is 2.88. The highest BCUT2D eigenvalue weighted by atomic mass is 16.5. The molecule has 1 aliphatic heterocycles. The Morgan fingerprint density at radius 1 is 0.531 bits per heavy atom. The minimum atomic E-state index is 0.823. The molecule has 4 nitrogen and oxygen atoms in total. The van der Waals surface area contributed by atoms with E-state index in [1.54, 1.807) is 12.4 Å². The van der Waals surface area contributed by atoms with Crippen LogP contribution in [-0.2, 0) is 0 Å². The van der Waals surface area contributed by atoms with E-state index in [4.69, 9.17) is 4.74 Å². The summed E-state index contributed by atoms with van der Waals surface area (Å²) in [5.74, 6) is 1.65. The zero-order chi connectivity index (χ0) is 21.3. The summed E-state index contributed by atoms with van der Waals surface area (Å²) in [5.41, 5.74) is 7.33. The summed E-state index contributed by atoms with van der Waals surface area (Å²) in [6, 6.07) is 30.8. The lowest BCUT2D eigenvalue weighted by atomic mass is 9.95. The quantitative estimate of drug-likeness (QED) is 0.303. The van der Waals surface area contributed by atoms with Crippen molar-refractivity contribution in [2.75, 3.05) is 4.90 Å². The smallest absolute Gasteiger partial charge is 0.151 e. The Morgan fingerprint density at radius 3 is 1.56 bits per heavy atom. The third-order valence-electron chi connectivity index (χ3n) is 5.64. The number of ether oxygens (including phenoxy) is 1. The van der Waals surface area contributed by atoms with Gasteiger partial charge in [-0.3, -0.25) is 9.97 Å². The highest BCUT2D eigenvalue weighted by molar-refractivity contribution is 5.99. The summed E-state index contributed by atoms with van der Waals surface area (Å²) < 4.78 is 6.25. The summed E-state index contributed by atoms with van der Waals surface area (Å²) in [6.45, 7) is 0. The fourth-order valence-corrected chi connectivity index (χ4v) is 4.24. The minimum absolute atomic E-state index is 0.823. The van der Waals surface area contributed by atoms with Gasteiger partial charge in [0, 0.05) is 47.0 Å². The van der Waals surface area contributed by atoms with Crippen molar-refractivity contribution in [2.45, 2.75) is 0 Å². The van der Waals surface area contributed by atoms with Crippen molar-refractivity contribution in [3.63, 3.8) is 0 Å². The zero-order valence-corrected chi connectivity index (χ0v) is 17.2. The van der Waals surface area contributed by atoms with Crippen molar-refractivity contribution in [2.24, 2.45) is 0 Å². The number of benzene rings is 3. The van der Waals surface area contributed by atoms with Crippen LogP contribution in [0.15, 0.2) is 116 Å². The zero-order valence-electron chi connectivity index (χ0n) is 17.2. The first-order valence-corrected chi connectivity index (χ1v) is 10.5. The first-order valence-electron chi connectivity index (χ1n) is 10.5. The Balaban J connectivity index is 1.71. The molecule has 0 atom stereocenters. The number of rotatable bonds is 3. The molecule has 152 valence electrons. The van der Waals surface area contributed by atoms with Crippen LogP contribution in [0.4, 0.5) is 17.1 Å². The Labute approximate surface area is 186 Å². The van der Waals surface area contributed by atoms with E-state index in [9.17, 15) is 0 Å². The second-order valence-electron chi connectivity index (χ2n) is 7.56. The number of hydrogen-bond donors (Lipinski definition) is 0. The van der Waals surface area contributed by atoms with Crippen molar-refractivity contribution >= 4 is 17.1 Å². The molecular weight excluding hydrogens is 394 g/mol. The molecule has 3 aromatic carbocycles. The number of aromatic nitrogens is 2. The molecule has 3 heterocycles. The molecule has 0 aliphatic carbocycles. The number of nitrogens with zero attached hydrogens (tertiary/aromatic N) is 3. The van der Waals surface area contributed by atoms with Gasteiger partial charge in [-0.1, -0.05) is 54.6 Å². The molecule has 5 aromatic rings. The van der Waals surface area contributed by atoms with Crippen LogP contribution in [0.2, 0.25) is 0 Å². The molecule has 2 aromatic heterocycles. The van der Waals surface area contributed by atoms with Crippen molar-refractivity contribution in [3.8, 4) is 33.8 Å². The SMILES string of the molecule is c1cncc(-c2cccc(-c3cccnc3)c2N2c3ccccc3Oc3ccccc32)c1.